The van der Waals surface area contributed by atoms with Crippen LogP contribution in [-0.4, -0.2) is 32.9 Å². The lowest BCUT2D eigenvalue weighted by atomic mass is 10.2. The van der Waals surface area contributed by atoms with E-state index in [9.17, 15) is 4.79 Å². The number of urea groups is 1. The van der Waals surface area contributed by atoms with Crippen LogP contribution in [0.15, 0.2) is 10.6 Å². The first kappa shape index (κ1) is 17.1. The Labute approximate surface area is 136 Å². The van der Waals surface area contributed by atoms with Crippen LogP contribution in [0.5, 0.6) is 0 Å². The number of rotatable bonds is 5. The van der Waals surface area contributed by atoms with Crippen LogP contribution in [-0.2, 0) is 13.1 Å². The van der Waals surface area contributed by atoms with Crippen molar-refractivity contribution < 1.29 is 9.32 Å². The van der Waals surface area contributed by atoms with Crippen molar-refractivity contribution in [3.63, 3.8) is 0 Å². The summed E-state index contributed by atoms with van der Waals surface area (Å²) in [6, 6.07) is 1.96. The van der Waals surface area contributed by atoms with Crippen molar-refractivity contribution in [1.29, 1.82) is 0 Å². The van der Waals surface area contributed by atoms with Gasteiger partial charge in [-0.1, -0.05) is 5.16 Å². The summed E-state index contributed by atoms with van der Waals surface area (Å²) in [6.45, 7) is 10.9. The van der Waals surface area contributed by atoms with E-state index in [1.807, 2.05) is 25.5 Å². The second-order valence-electron chi connectivity index (χ2n) is 6.13. The number of nitrogens with one attached hydrogen (secondary N) is 1. The van der Waals surface area contributed by atoms with Crippen molar-refractivity contribution in [2.45, 2.75) is 53.8 Å². The topological polar surface area (TPSA) is 76.2 Å². The third-order valence-corrected chi connectivity index (χ3v) is 3.80. The molecule has 0 radical (unpaired) electrons. The van der Waals surface area contributed by atoms with Crippen LogP contribution in [0.1, 0.15) is 48.3 Å². The smallest absolute Gasteiger partial charge is 0.317 e. The highest BCUT2D eigenvalue weighted by molar-refractivity contribution is 5.73. The lowest BCUT2D eigenvalue weighted by molar-refractivity contribution is 0.206. The molecule has 2 aromatic rings. The van der Waals surface area contributed by atoms with Crippen LogP contribution in [0.4, 0.5) is 4.79 Å². The van der Waals surface area contributed by atoms with Crippen molar-refractivity contribution in [2.75, 3.05) is 7.05 Å². The molecule has 0 fully saturated rings. The van der Waals surface area contributed by atoms with Crippen molar-refractivity contribution in [3.8, 4) is 0 Å². The van der Waals surface area contributed by atoms with E-state index >= 15 is 0 Å². The number of hydrogen-bond acceptors (Lipinski definition) is 4. The lowest BCUT2D eigenvalue weighted by Gasteiger charge is -2.18. The average Bonchev–Trinajstić information content (AvgIpc) is 3.02. The summed E-state index contributed by atoms with van der Waals surface area (Å²) in [5, 5.41) is 11.3. The Kier molecular flexibility index (Phi) is 5.08. The zero-order chi connectivity index (χ0) is 17.1. The number of carbonyl (C=O) groups excluding carboxylic acids is 1. The number of carbonyl (C=O) groups is 1. The van der Waals surface area contributed by atoms with Gasteiger partial charge in [-0.05, 0) is 34.6 Å². The van der Waals surface area contributed by atoms with Gasteiger partial charge in [0, 0.05) is 30.4 Å². The van der Waals surface area contributed by atoms with E-state index in [4.69, 9.17) is 4.52 Å². The summed E-state index contributed by atoms with van der Waals surface area (Å²) < 4.78 is 6.98. The van der Waals surface area contributed by atoms with Gasteiger partial charge in [0.15, 0.2) is 0 Å². The molecule has 0 saturated carbocycles. The summed E-state index contributed by atoms with van der Waals surface area (Å²) in [5.41, 5.74) is 3.87. The minimum atomic E-state index is -0.151. The van der Waals surface area contributed by atoms with Gasteiger partial charge in [-0.3, -0.25) is 4.68 Å². The van der Waals surface area contributed by atoms with Crippen LogP contribution in [0.2, 0.25) is 0 Å². The van der Waals surface area contributed by atoms with Gasteiger partial charge in [0.1, 0.15) is 11.5 Å². The molecule has 7 nitrogen and oxygen atoms in total. The fourth-order valence-electron chi connectivity index (χ4n) is 2.54. The molecule has 7 heteroatoms. The van der Waals surface area contributed by atoms with Crippen LogP contribution >= 0.6 is 0 Å². The molecule has 0 aliphatic rings. The second-order valence-corrected chi connectivity index (χ2v) is 6.13. The molecule has 0 saturated heterocycles. The van der Waals surface area contributed by atoms with Gasteiger partial charge < -0.3 is 14.7 Å². The fraction of sp³-hybridized carbons (Fsp3) is 0.562. The number of nitrogens with zero attached hydrogens (tertiary/aromatic N) is 4. The minimum absolute atomic E-state index is 0.151. The van der Waals surface area contributed by atoms with E-state index in [0.29, 0.717) is 24.8 Å². The highest BCUT2D eigenvalue weighted by atomic mass is 16.5. The third kappa shape index (κ3) is 3.91. The molecule has 0 atom stereocenters. The predicted molar refractivity (Wildman–Crippen MR) is 87.0 cm³/mol. The van der Waals surface area contributed by atoms with Gasteiger partial charge in [0.05, 0.1) is 18.8 Å². The van der Waals surface area contributed by atoms with E-state index in [-0.39, 0.29) is 6.03 Å². The summed E-state index contributed by atoms with van der Waals surface area (Å²) in [4.78, 5) is 13.9. The van der Waals surface area contributed by atoms with E-state index < -0.39 is 0 Å². The second kappa shape index (κ2) is 6.85. The lowest BCUT2D eigenvalue weighted by Crippen LogP contribution is -2.36. The third-order valence-electron chi connectivity index (χ3n) is 3.80. The molecule has 0 spiro atoms. The summed E-state index contributed by atoms with van der Waals surface area (Å²) in [7, 11) is 1.77. The molecule has 2 amide bonds. The zero-order valence-corrected chi connectivity index (χ0v) is 14.7. The Balaban J connectivity index is 1.98. The zero-order valence-electron chi connectivity index (χ0n) is 14.7. The quantitative estimate of drug-likeness (QED) is 0.919. The van der Waals surface area contributed by atoms with Crippen LogP contribution in [0.25, 0.3) is 0 Å². The Morgan fingerprint density at radius 2 is 2.09 bits per heavy atom. The van der Waals surface area contributed by atoms with E-state index in [0.717, 1.165) is 22.7 Å². The molecule has 2 heterocycles. The summed E-state index contributed by atoms with van der Waals surface area (Å²) in [5.74, 6) is 0.731. The van der Waals surface area contributed by atoms with Crippen molar-refractivity contribution in [2.24, 2.45) is 0 Å². The SMILES string of the molecule is Cc1cc(CNC(=O)N(C)Cc2c(C)nn(C(C)C)c2C)no1. The molecule has 23 heavy (non-hydrogen) atoms. The molecule has 0 unspecified atom stereocenters. The molecular weight excluding hydrogens is 294 g/mol. The van der Waals surface area contributed by atoms with Gasteiger partial charge in [-0.25, -0.2) is 4.79 Å². The Hall–Kier alpha value is -2.31. The first-order chi connectivity index (χ1) is 10.8. The average molecular weight is 319 g/mol. The maximum atomic E-state index is 12.2. The van der Waals surface area contributed by atoms with Gasteiger partial charge in [0.25, 0.3) is 0 Å². The first-order valence-electron chi connectivity index (χ1n) is 7.75. The highest BCUT2D eigenvalue weighted by Crippen LogP contribution is 2.18. The van der Waals surface area contributed by atoms with Gasteiger partial charge in [-0.15, -0.1) is 0 Å². The molecule has 1 N–H and O–H groups in total. The molecular formula is C16H25N5O2. The largest absolute Gasteiger partial charge is 0.361 e. The monoisotopic (exact) mass is 319 g/mol. The molecule has 2 rings (SSSR count). The number of aromatic nitrogens is 3. The van der Waals surface area contributed by atoms with Crippen LogP contribution in [0, 0.1) is 20.8 Å². The Morgan fingerprint density at radius 3 is 2.61 bits per heavy atom. The summed E-state index contributed by atoms with van der Waals surface area (Å²) >= 11 is 0. The first-order valence-corrected chi connectivity index (χ1v) is 7.75. The predicted octanol–water partition coefficient (Wildman–Crippen LogP) is 2.72. The Morgan fingerprint density at radius 1 is 1.39 bits per heavy atom. The number of aryl methyl sites for hydroxylation is 2. The minimum Gasteiger partial charge on any atom is -0.361 e. The number of hydrogen-bond donors (Lipinski definition) is 1. The van der Waals surface area contributed by atoms with Crippen molar-refractivity contribution in [1.82, 2.24) is 25.2 Å². The van der Waals surface area contributed by atoms with Gasteiger partial charge >= 0.3 is 6.03 Å². The molecule has 0 aliphatic heterocycles. The molecule has 0 aromatic carbocycles. The maximum absolute atomic E-state index is 12.2. The van der Waals surface area contributed by atoms with Crippen molar-refractivity contribution >= 4 is 6.03 Å². The number of amides is 2. The molecule has 0 bridgehead atoms. The summed E-state index contributed by atoms with van der Waals surface area (Å²) in [6.07, 6.45) is 0. The van der Waals surface area contributed by atoms with E-state index in [2.05, 4.69) is 29.4 Å². The molecule has 0 aliphatic carbocycles. The molecule has 126 valence electrons. The molecule has 2 aromatic heterocycles. The van der Waals surface area contributed by atoms with E-state index in [1.54, 1.807) is 18.0 Å². The fourth-order valence-corrected chi connectivity index (χ4v) is 2.54. The maximum Gasteiger partial charge on any atom is 0.317 e. The van der Waals surface area contributed by atoms with Gasteiger partial charge in [-0.2, -0.15) is 5.10 Å². The van der Waals surface area contributed by atoms with E-state index in [1.165, 1.54) is 0 Å². The van der Waals surface area contributed by atoms with Crippen LogP contribution < -0.4 is 5.32 Å². The highest BCUT2D eigenvalue weighted by Gasteiger charge is 2.17. The normalized spacial score (nSPS) is 11.1. The van der Waals surface area contributed by atoms with Crippen LogP contribution in [0.3, 0.4) is 0 Å². The Bertz CT molecular complexity index is 687. The standard InChI is InChI=1S/C16H25N5O2/c1-10(2)21-13(5)15(12(4)18-21)9-20(6)16(22)17-8-14-7-11(3)23-19-14/h7,10H,8-9H2,1-6H3,(H,17,22). The van der Waals surface area contributed by atoms with Gasteiger partial charge in [0.2, 0.25) is 0 Å². The van der Waals surface area contributed by atoms with Crippen molar-refractivity contribution in [3.05, 3.63) is 34.5 Å².